The van der Waals surface area contributed by atoms with Crippen molar-refractivity contribution in [1.82, 2.24) is 5.32 Å². The average molecular weight is 405 g/mol. The van der Waals surface area contributed by atoms with Gasteiger partial charge in [-0.3, -0.25) is 4.79 Å². The van der Waals surface area contributed by atoms with Gasteiger partial charge in [-0.1, -0.05) is 52.5 Å². The van der Waals surface area contributed by atoms with Crippen LogP contribution in [0.4, 0.5) is 0 Å². The second-order valence-electron chi connectivity index (χ2n) is 8.85. The molecule has 0 bridgehead atoms. The fourth-order valence-electron chi connectivity index (χ4n) is 4.76. The zero-order valence-corrected chi connectivity index (χ0v) is 18.2. The van der Waals surface area contributed by atoms with Crippen LogP contribution in [0.2, 0.25) is 0 Å². The highest BCUT2D eigenvalue weighted by atomic mass is 16.5. The van der Waals surface area contributed by atoms with Gasteiger partial charge in [0.1, 0.15) is 23.7 Å². The van der Waals surface area contributed by atoms with Gasteiger partial charge in [0.15, 0.2) is 0 Å². The van der Waals surface area contributed by atoms with Gasteiger partial charge < -0.3 is 14.8 Å². The van der Waals surface area contributed by atoms with E-state index in [9.17, 15) is 10.1 Å². The van der Waals surface area contributed by atoms with Gasteiger partial charge >= 0.3 is 0 Å². The minimum absolute atomic E-state index is 0.0677. The van der Waals surface area contributed by atoms with Crippen molar-refractivity contribution in [3.63, 3.8) is 0 Å². The molecule has 5 heteroatoms. The first kappa shape index (κ1) is 21.4. The maximum absolute atomic E-state index is 12.8. The van der Waals surface area contributed by atoms with Crippen LogP contribution >= 0.6 is 0 Å². The molecule has 0 saturated heterocycles. The molecule has 1 aliphatic carbocycles. The first-order chi connectivity index (χ1) is 14.1. The van der Waals surface area contributed by atoms with Gasteiger partial charge in [0, 0.05) is 28.5 Å². The summed E-state index contributed by atoms with van der Waals surface area (Å²) in [7, 11) is 1.53. The highest BCUT2D eigenvalue weighted by Gasteiger charge is 2.64. The monoisotopic (exact) mass is 404 g/mol. The Hall–Kier alpha value is -3.26. The number of methoxy groups -OCH3 is 1. The van der Waals surface area contributed by atoms with E-state index in [1.165, 1.54) is 7.11 Å². The van der Waals surface area contributed by atoms with Crippen molar-refractivity contribution in [2.45, 2.75) is 39.8 Å². The van der Waals surface area contributed by atoms with Crippen molar-refractivity contribution in [3.05, 3.63) is 65.7 Å². The zero-order valence-electron chi connectivity index (χ0n) is 18.2. The number of nitrogens with one attached hydrogen (secondary N) is 1. The van der Waals surface area contributed by atoms with E-state index in [2.05, 4.69) is 45.7 Å². The molecule has 1 amide bonds. The number of amides is 1. The number of hydrogen-bond donors (Lipinski definition) is 1. The van der Waals surface area contributed by atoms with Crippen LogP contribution < -0.4 is 14.8 Å². The van der Waals surface area contributed by atoms with Gasteiger partial charge in [0.05, 0.1) is 12.7 Å². The van der Waals surface area contributed by atoms with E-state index in [1.54, 1.807) is 24.3 Å². The molecule has 0 aromatic heterocycles. The summed E-state index contributed by atoms with van der Waals surface area (Å²) in [5.41, 5.74) is 1.48. The van der Waals surface area contributed by atoms with Crippen molar-refractivity contribution in [2.24, 2.45) is 10.8 Å². The quantitative estimate of drug-likeness (QED) is 0.749. The molecule has 3 rings (SSSR count). The van der Waals surface area contributed by atoms with Crippen LogP contribution in [-0.4, -0.2) is 25.2 Å². The second kappa shape index (κ2) is 7.87. The third-order valence-electron chi connectivity index (χ3n) is 6.07. The Morgan fingerprint density at radius 2 is 1.77 bits per heavy atom. The number of rotatable bonds is 6. The maximum Gasteiger partial charge on any atom is 0.251 e. The third-order valence-corrected chi connectivity index (χ3v) is 6.07. The van der Waals surface area contributed by atoms with Gasteiger partial charge in [-0.25, -0.2) is 0 Å². The van der Waals surface area contributed by atoms with E-state index < -0.39 is 0 Å². The van der Waals surface area contributed by atoms with Crippen LogP contribution in [0.3, 0.4) is 0 Å². The summed E-state index contributed by atoms with van der Waals surface area (Å²) in [6, 6.07) is 14.6. The summed E-state index contributed by atoms with van der Waals surface area (Å²) < 4.78 is 11.6. The summed E-state index contributed by atoms with van der Waals surface area (Å²) in [4.78, 5) is 12.8. The molecule has 0 spiro atoms. The van der Waals surface area contributed by atoms with Crippen LogP contribution in [0.25, 0.3) is 6.08 Å². The molecule has 0 radical (unpaired) electrons. The number of carbonyl (C=O) groups excluding carboxylic acids is 1. The molecule has 0 heterocycles. The lowest BCUT2D eigenvalue weighted by Crippen LogP contribution is -2.74. The largest absolute Gasteiger partial charge is 0.495 e. The van der Waals surface area contributed by atoms with Crippen molar-refractivity contribution in [2.75, 3.05) is 7.11 Å². The van der Waals surface area contributed by atoms with E-state index in [0.29, 0.717) is 22.6 Å². The summed E-state index contributed by atoms with van der Waals surface area (Å²) in [5, 5.41) is 12.4. The van der Waals surface area contributed by atoms with Crippen molar-refractivity contribution >= 4 is 12.0 Å². The molecule has 0 aliphatic heterocycles. The van der Waals surface area contributed by atoms with Gasteiger partial charge in [0.25, 0.3) is 5.91 Å². The molecule has 1 saturated carbocycles. The SMILES string of the molecule is C=Cc1ccc(C(=O)NC2C(C)(C)C(Oc3ccc(C#N)c(OC)c3)C2(C)C)cc1. The number of nitriles is 1. The molecule has 2 aromatic rings. The first-order valence-electron chi connectivity index (χ1n) is 9.93. The van der Waals surface area contributed by atoms with Crippen LogP contribution in [0.15, 0.2) is 49.0 Å². The lowest BCUT2D eigenvalue weighted by molar-refractivity contribution is -0.164. The number of benzene rings is 2. The lowest BCUT2D eigenvalue weighted by atomic mass is 9.49. The van der Waals surface area contributed by atoms with E-state index >= 15 is 0 Å². The molecular formula is C25H28N2O3. The average Bonchev–Trinajstić information content (AvgIpc) is 2.74. The molecule has 1 N–H and O–H groups in total. The van der Waals surface area contributed by atoms with E-state index in [4.69, 9.17) is 9.47 Å². The molecule has 1 aliphatic rings. The Bertz CT molecular complexity index is 984. The van der Waals surface area contributed by atoms with E-state index in [0.717, 1.165) is 5.56 Å². The molecule has 2 aromatic carbocycles. The van der Waals surface area contributed by atoms with Crippen LogP contribution in [0.5, 0.6) is 11.5 Å². The Morgan fingerprint density at radius 1 is 1.13 bits per heavy atom. The minimum Gasteiger partial charge on any atom is -0.495 e. The Labute approximate surface area is 178 Å². The zero-order chi connectivity index (χ0) is 22.1. The highest BCUT2D eigenvalue weighted by molar-refractivity contribution is 5.94. The van der Waals surface area contributed by atoms with Crippen molar-refractivity contribution in [1.29, 1.82) is 5.26 Å². The predicted molar refractivity (Wildman–Crippen MR) is 117 cm³/mol. The van der Waals surface area contributed by atoms with Crippen LogP contribution in [0.1, 0.15) is 49.2 Å². The minimum atomic E-state index is -0.290. The number of hydrogen-bond acceptors (Lipinski definition) is 4. The standard InChI is InChI=1S/C25H28N2O3/c1-7-16-8-10-17(11-9-16)21(28)27-22-24(2,3)23(25(22,4)5)30-19-13-12-18(15-26)20(14-19)29-6/h7-14,22-23H,1H2,2-6H3,(H,27,28). The van der Waals surface area contributed by atoms with Gasteiger partial charge in [-0.05, 0) is 29.8 Å². The van der Waals surface area contributed by atoms with Gasteiger partial charge in [0.2, 0.25) is 0 Å². The Kier molecular flexibility index (Phi) is 5.63. The Balaban J connectivity index is 1.76. The third kappa shape index (κ3) is 3.66. The summed E-state index contributed by atoms with van der Waals surface area (Å²) in [5.74, 6) is 1.02. The van der Waals surface area contributed by atoms with E-state index in [-0.39, 0.29) is 28.9 Å². The molecule has 1 fully saturated rings. The summed E-state index contributed by atoms with van der Waals surface area (Å²) in [6.45, 7) is 12.1. The highest BCUT2D eigenvalue weighted by Crippen LogP contribution is 2.55. The summed E-state index contributed by atoms with van der Waals surface area (Å²) in [6.07, 6.45) is 1.62. The molecule has 0 atom stereocenters. The molecule has 156 valence electrons. The fraction of sp³-hybridized carbons (Fsp3) is 0.360. The van der Waals surface area contributed by atoms with Gasteiger partial charge in [-0.2, -0.15) is 5.26 Å². The molecule has 30 heavy (non-hydrogen) atoms. The number of nitrogens with zero attached hydrogens (tertiary/aromatic N) is 1. The molecule has 5 nitrogen and oxygen atoms in total. The molecular weight excluding hydrogens is 376 g/mol. The first-order valence-corrected chi connectivity index (χ1v) is 9.93. The lowest BCUT2D eigenvalue weighted by Gasteiger charge is -2.63. The number of ether oxygens (including phenoxy) is 2. The normalized spacial score (nSPS) is 20.9. The van der Waals surface area contributed by atoms with Gasteiger partial charge in [-0.15, -0.1) is 0 Å². The van der Waals surface area contributed by atoms with Crippen molar-refractivity contribution in [3.8, 4) is 17.6 Å². The topological polar surface area (TPSA) is 71.3 Å². The van der Waals surface area contributed by atoms with Crippen LogP contribution in [-0.2, 0) is 0 Å². The second-order valence-corrected chi connectivity index (χ2v) is 8.85. The van der Waals surface area contributed by atoms with Crippen molar-refractivity contribution < 1.29 is 14.3 Å². The van der Waals surface area contributed by atoms with E-state index in [1.807, 2.05) is 24.3 Å². The molecule has 0 unspecified atom stereocenters. The smallest absolute Gasteiger partial charge is 0.251 e. The van der Waals surface area contributed by atoms with Crippen LogP contribution in [0, 0.1) is 22.2 Å². The Morgan fingerprint density at radius 3 is 2.30 bits per heavy atom. The predicted octanol–water partition coefficient (Wildman–Crippen LogP) is 4.82. The number of carbonyl (C=O) groups is 1. The summed E-state index contributed by atoms with van der Waals surface area (Å²) >= 11 is 0. The maximum atomic E-state index is 12.8. The fourth-order valence-corrected chi connectivity index (χ4v) is 4.76.